The van der Waals surface area contributed by atoms with Crippen LogP contribution in [0.15, 0.2) is 21.1 Å². The van der Waals surface area contributed by atoms with Gasteiger partial charge in [-0.1, -0.05) is 0 Å². The number of alkyl halides is 3. The largest absolute Gasteiger partial charge is 0.486 e. The van der Waals surface area contributed by atoms with Crippen LogP contribution in [0.2, 0.25) is 0 Å². The molecule has 0 saturated heterocycles. The highest BCUT2D eigenvalue weighted by Crippen LogP contribution is 2.40. The fourth-order valence-electron chi connectivity index (χ4n) is 1.56. The molecule has 0 aliphatic carbocycles. The molecular formula is C13H15Br2F3O5S. The van der Waals surface area contributed by atoms with E-state index in [1.165, 1.54) is 12.1 Å². The fraction of sp³-hybridized carbons (Fsp3) is 0.538. The summed E-state index contributed by atoms with van der Waals surface area (Å²) in [5.74, 6) is -1.50. The molecular weight excluding hydrogens is 485 g/mol. The van der Waals surface area contributed by atoms with Crippen molar-refractivity contribution in [2.45, 2.75) is 38.7 Å². The maximum Gasteiger partial charge on any atom is 0.426 e. The van der Waals surface area contributed by atoms with E-state index in [2.05, 4.69) is 31.9 Å². The Morgan fingerprint density at radius 1 is 1.17 bits per heavy atom. The summed E-state index contributed by atoms with van der Waals surface area (Å²) in [5.41, 5.74) is -0.549. The highest BCUT2D eigenvalue weighted by Gasteiger charge is 2.44. The maximum atomic E-state index is 12.9. The highest BCUT2D eigenvalue weighted by molar-refractivity contribution is 9.11. The summed E-state index contributed by atoms with van der Waals surface area (Å²) in [7, 11) is -4.87. The van der Waals surface area contributed by atoms with Gasteiger partial charge in [-0.25, -0.2) is 0 Å². The van der Waals surface area contributed by atoms with Crippen molar-refractivity contribution in [1.29, 1.82) is 0 Å². The second-order valence-electron chi connectivity index (χ2n) is 5.83. The SMILES string of the molecule is CC(C)(C)Oc1c(Br)cc(OC(CS(=O)(=O)O)C(F)(F)F)cc1Br. The normalized spacial score (nSPS) is 14.4. The van der Waals surface area contributed by atoms with Gasteiger partial charge in [-0.2, -0.15) is 21.6 Å². The monoisotopic (exact) mass is 498 g/mol. The molecule has 0 bridgehead atoms. The van der Waals surface area contributed by atoms with Crippen LogP contribution in [0.25, 0.3) is 0 Å². The molecule has 5 nitrogen and oxygen atoms in total. The van der Waals surface area contributed by atoms with Crippen LogP contribution < -0.4 is 9.47 Å². The zero-order valence-electron chi connectivity index (χ0n) is 12.8. The first-order valence-electron chi connectivity index (χ1n) is 6.45. The van der Waals surface area contributed by atoms with E-state index in [0.29, 0.717) is 14.7 Å². The van der Waals surface area contributed by atoms with Gasteiger partial charge in [-0.15, -0.1) is 0 Å². The molecule has 1 unspecified atom stereocenters. The van der Waals surface area contributed by atoms with E-state index in [9.17, 15) is 21.6 Å². The lowest BCUT2D eigenvalue weighted by atomic mass is 10.2. The molecule has 0 aliphatic heterocycles. The van der Waals surface area contributed by atoms with Crippen molar-refractivity contribution in [2.24, 2.45) is 0 Å². The Kier molecular flexibility index (Phi) is 6.62. The second-order valence-corrected chi connectivity index (χ2v) is 9.03. The van der Waals surface area contributed by atoms with Crippen LogP contribution >= 0.6 is 31.9 Å². The number of hydrogen-bond acceptors (Lipinski definition) is 4. The molecule has 0 amide bonds. The summed E-state index contributed by atoms with van der Waals surface area (Å²) in [6.07, 6.45) is -7.68. The van der Waals surface area contributed by atoms with Gasteiger partial charge in [0.15, 0.2) is 0 Å². The topological polar surface area (TPSA) is 72.8 Å². The molecule has 0 aromatic heterocycles. The zero-order valence-corrected chi connectivity index (χ0v) is 16.8. The first-order valence-corrected chi connectivity index (χ1v) is 9.64. The fourth-order valence-corrected chi connectivity index (χ4v) is 3.51. The Hall–Kier alpha value is -0.520. The molecule has 138 valence electrons. The third-order valence-corrected chi connectivity index (χ3v) is 4.29. The first kappa shape index (κ1) is 21.5. The van der Waals surface area contributed by atoms with E-state index < -0.39 is 33.8 Å². The quantitative estimate of drug-likeness (QED) is 0.600. The zero-order chi connectivity index (χ0) is 18.9. The Labute approximate surface area is 154 Å². The minimum absolute atomic E-state index is 0.249. The van der Waals surface area contributed by atoms with E-state index in [1.807, 2.05) is 0 Å². The third-order valence-electron chi connectivity index (χ3n) is 2.39. The summed E-state index contributed by atoms with van der Waals surface area (Å²) >= 11 is 6.34. The minimum atomic E-state index is -4.98. The van der Waals surface area contributed by atoms with Crippen molar-refractivity contribution in [3.05, 3.63) is 21.1 Å². The maximum absolute atomic E-state index is 12.9. The molecule has 1 atom stereocenters. The van der Waals surface area contributed by atoms with Crippen LogP contribution in [0.1, 0.15) is 20.8 Å². The van der Waals surface area contributed by atoms with Crippen molar-refractivity contribution >= 4 is 42.0 Å². The minimum Gasteiger partial charge on any atom is -0.486 e. The van der Waals surface area contributed by atoms with Gasteiger partial charge in [0.1, 0.15) is 22.9 Å². The van der Waals surface area contributed by atoms with Crippen LogP contribution in [0.5, 0.6) is 11.5 Å². The average Bonchev–Trinajstić information content (AvgIpc) is 2.29. The number of benzene rings is 1. The van der Waals surface area contributed by atoms with E-state index in [0.717, 1.165) is 0 Å². The van der Waals surface area contributed by atoms with Gasteiger partial charge in [-0.05, 0) is 64.8 Å². The van der Waals surface area contributed by atoms with Crippen molar-refractivity contribution in [2.75, 3.05) is 5.75 Å². The first-order chi connectivity index (χ1) is 10.6. The Morgan fingerprint density at radius 2 is 1.62 bits per heavy atom. The van der Waals surface area contributed by atoms with E-state index >= 15 is 0 Å². The molecule has 1 rings (SSSR count). The van der Waals surface area contributed by atoms with Gasteiger partial charge in [0, 0.05) is 0 Å². The molecule has 1 aromatic carbocycles. The number of rotatable bonds is 5. The van der Waals surface area contributed by atoms with Crippen LogP contribution in [0.3, 0.4) is 0 Å². The lowest BCUT2D eigenvalue weighted by Crippen LogP contribution is -2.40. The number of hydrogen-bond donors (Lipinski definition) is 1. The molecule has 1 aromatic rings. The van der Waals surface area contributed by atoms with Gasteiger partial charge in [0.05, 0.1) is 8.95 Å². The van der Waals surface area contributed by atoms with Crippen LogP contribution in [-0.2, 0) is 10.1 Å². The molecule has 0 heterocycles. The molecule has 11 heteroatoms. The van der Waals surface area contributed by atoms with E-state index in [4.69, 9.17) is 14.0 Å². The lowest BCUT2D eigenvalue weighted by Gasteiger charge is -2.24. The molecule has 0 saturated carbocycles. The molecule has 0 radical (unpaired) electrons. The standard InChI is InChI=1S/C13H15Br2F3O5S/c1-12(2,3)23-11-8(14)4-7(5-9(11)15)22-10(13(16,17)18)6-24(19,20)21/h4-5,10H,6H2,1-3H3,(H,19,20,21). The van der Waals surface area contributed by atoms with E-state index in [-0.39, 0.29) is 5.75 Å². The van der Waals surface area contributed by atoms with Crippen LogP contribution in [0, 0.1) is 0 Å². The van der Waals surface area contributed by atoms with E-state index in [1.54, 1.807) is 20.8 Å². The summed E-state index contributed by atoms with van der Waals surface area (Å²) in [6.45, 7) is 5.38. The Bertz CT molecular complexity index is 676. The van der Waals surface area contributed by atoms with Gasteiger partial charge >= 0.3 is 6.18 Å². The van der Waals surface area contributed by atoms with Crippen molar-refractivity contribution < 1.29 is 35.6 Å². The molecule has 0 fully saturated rings. The molecule has 0 aliphatic rings. The summed E-state index contributed by atoms with van der Waals surface area (Å²) < 4.78 is 79.9. The summed E-state index contributed by atoms with van der Waals surface area (Å²) in [6, 6.07) is 2.43. The Morgan fingerprint density at radius 3 is 1.96 bits per heavy atom. The smallest absolute Gasteiger partial charge is 0.426 e. The van der Waals surface area contributed by atoms with Gasteiger partial charge in [-0.3, -0.25) is 4.55 Å². The highest BCUT2D eigenvalue weighted by atomic mass is 79.9. The molecule has 0 spiro atoms. The number of halogens is 5. The van der Waals surface area contributed by atoms with Gasteiger partial charge in [0.2, 0.25) is 6.10 Å². The van der Waals surface area contributed by atoms with Crippen molar-refractivity contribution in [3.8, 4) is 11.5 Å². The molecule has 1 N–H and O–H groups in total. The predicted octanol–water partition coefficient (Wildman–Crippen LogP) is 4.59. The predicted molar refractivity (Wildman–Crippen MR) is 89.1 cm³/mol. The summed E-state index contributed by atoms with van der Waals surface area (Å²) in [5, 5.41) is 0. The van der Waals surface area contributed by atoms with Crippen molar-refractivity contribution in [3.63, 3.8) is 0 Å². The summed E-state index contributed by atoms with van der Waals surface area (Å²) in [4.78, 5) is 0. The van der Waals surface area contributed by atoms with Crippen LogP contribution in [-0.4, -0.2) is 36.6 Å². The Balaban J connectivity index is 3.14. The number of ether oxygens (including phenoxy) is 2. The average molecular weight is 500 g/mol. The second kappa shape index (κ2) is 7.38. The lowest BCUT2D eigenvalue weighted by molar-refractivity contribution is -0.188. The van der Waals surface area contributed by atoms with Gasteiger partial charge < -0.3 is 9.47 Å². The van der Waals surface area contributed by atoms with Crippen LogP contribution in [0.4, 0.5) is 13.2 Å². The molecule has 24 heavy (non-hydrogen) atoms. The van der Waals surface area contributed by atoms with Gasteiger partial charge in [0.25, 0.3) is 10.1 Å². The van der Waals surface area contributed by atoms with Crippen molar-refractivity contribution in [1.82, 2.24) is 0 Å². The third kappa shape index (κ3) is 7.16.